The summed E-state index contributed by atoms with van der Waals surface area (Å²) in [5.74, 6) is -12.7. The average molecular weight is 1500 g/mol. The van der Waals surface area contributed by atoms with Gasteiger partial charge in [0.15, 0.2) is 12.3 Å². The minimum Gasteiger partial charge on any atom is -0.507 e. The van der Waals surface area contributed by atoms with E-state index in [0.29, 0.717) is 37.6 Å². The topological polar surface area (TPSA) is 525 Å². The monoisotopic (exact) mass is 1500 g/mol. The molecule has 4 heterocycles. The van der Waals surface area contributed by atoms with Gasteiger partial charge in [0.1, 0.15) is 84.7 Å². The number of phenolic OH excluding ortho intramolecular Hbond substituents is 1. The Morgan fingerprint density at radius 3 is 2.11 bits per heavy atom. The maximum Gasteiger partial charge on any atom is 0.328 e. The van der Waals surface area contributed by atoms with Gasteiger partial charge in [0.2, 0.25) is 47.1 Å². The van der Waals surface area contributed by atoms with Crippen molar-refractivity contribution in [3.05, 3.63) is 99.3 Å². The minimum absolute atomic E-state index is 0.0941. The summed E-state index contributed by atoms with van der Waals surface area (Å²) in [6.45, 7) is -0.0138. The number of ether oxygens (including phenoxy) is 3. The number of carboxylic acids is 1. The summed E-state index contributed by atoms with van der Waals surface area (Å²) < 4.78 is 17.0. The number of amides is 7. The van der Waals surface area contributed by atoms with Crippen molar-refractivity contribution in [3.8, 4) is 5.75 Å². The number of rotatable bonds is 23. The van der Waals surface area contributed by atoms with Gasteiger partial charge in [-0.1, -0.05) is 76.2 Å². The number of aliphatic carboxylic acids is 1. The number of hydrogen-bond acceptors (Lipinski definition) is 25. The van der Waals surface area contributed by atoms with E-state index >= 15 is 14.4 Å². The highest BCUT2D eigenvalue weighted by Crippen LogP contribution is 2.31. The summed E-state index contributed by atoms with van der Waals surface area (Å²) in [7, 11) is 1.62. The third-order valence-corrected chi connectivity index (χ3v) is 19.6. The van der Waals surface area contributed by atoms with Crippen LogP contribution in [-0.2, 0) is 71.8 Å². The number of nitrogens with one attached hydrogen (secondary N) is 9. The molecule has 528 valence electrons. The number of unbranched alkanes of at least 4 members (excludes halogenated alkanes) is 1. The number of phenols is 1. The van der Waals surface area contributed by atoms with Gasteiger partial charge in [0, 0.05) is 41.4 Å². The molecule has 3 fully saturated rings. The van der Waals surface area contributed by atoms with Gasteiger partial charge in [-0.15, -0.1) is 0 Å². The number of para-hydroxylation sites is 1. The number of carbonyl (C=O) groups is 8. The van der Waals surface area contributed by atoms with Crippen molar-refractivity contribution in [1.82, 2.24) is 47.5 Å². The molecule has 19 atom stereocenters. The van der Waals surface area contributed by atoms with E-state index < -0.39 is 194 Å². The summed E-state index contributed by atoms with van der Waals surface area (Å²) in [5, 5.41) is 139. The Hall–Kier alpha value is -6.37. The van der Waals surface area contributed by atoms with Crippen LogP contribution < -0.4 is 48.3 Å². The number of nitrogens with two attached hydrogens (primary N) is 1. The highest BCUT2D eigenvalue weighted by Gasteiger charge is 2.53. The molecule has 7 amide bonds. The Balaban J connectivity index is 1.27. The fourth-order valence-corrected chi connectivity index (χ4v) is 13.7. The Morgan fingerprint density at radius 1 is 0.792 bits per heavy atom. The van der Waals surface area contributed by atoms with Crippen LogP contribution in [0.5, 0.6) is 5.75 Å². The van der Waals surface area contributed by atoms with E-state index in [9.17, 15) is 80.1 Å². The molecule has 0 spiro atoms. The number of carboxylic acid groups (broad SMARTS) is 1. The van der Waals surface area contributed by atoms with Gasteiger partial charge in [0.05, 0.1) is 41.6 Å². The zero-order chi connectivity index (χ0) is 70.1. The molecular weight excluding hydrogens is 1420 g/mol. The largest absolute Gasteiger partial charge is 0.507 e. The summed E-state index contributed by atoms with van der Waals surface area (Å²) in [6, 6.07) is 6.39. The van der Waals surface area contributed by atoms with Crippen LogP contribution in [0.15, 0.2) is 79.0 Å². The van der Waals surface area contributed by atoms with Gasteiger partial charge in [-0.25, -0.2) is 4.79 Å². The number of H-pyrrole nitrogens is 1. The second-order valence-electron chi connectivity index (χ2n) is 23.6. The van der Waals surface area contributed by atoms with E-state index in [0.717, 1.165) is 35.4 Å². The number of aliphatic hydroxyl groups excluding tert-OH is 8. The third-order valence-electron chi connectivity index (χ3n) is 16.3. The van der Waals surface area contributed by atoms with Crippen LogP contribution in [0.2, 0.25) is 0 Å². The zero-order valence-electron chi connectivity index (χ0n) is 52.1. The molecule has 96 heavy (non-hydrogen) atoms. The molecule has 0 saturated carbocycles. The maximum atomic E-state index is 15.3. The predicted octanol–water partition coefficient (Wildman–Crippen LogP) is -5.15. The molecule has 3 saturated heterocycles. The van der Waals surface area contributed by atoms with E-state index in [1.807, 2.05) is 22.6 Å². The van der Waals surface area contributed by atoms with Crippen molar-refractivity contribution in [2.24, 2.45) is 5.73 Å². The number of aromatic amines is 1. The first-order valence-electron chi connectivity index (χ1n) is 30.8. The van der Waals surface area contributed by atoms with Gasteiger partial charge in [-0.05, 0) is 104 Å². The molecule has 35 heteroatoms. The Kier molecular flexibility index (Phi) is 28.8. The van der Waals surface area contributed by atoms with Crippen LogP contribution in [0.25, 0.3) is 10.9 Å². The number of hydrogen-bond donors (Lipinski definition) is 21. The zero-order valence-corrected chi connectivity index (χ0v) is 55.9. The van der Waals surface area contributed by atoms with Crippen LogP contribution in [-0.4, -0.2) is 262 Å². The first kappa shape index (κ1) is 77.0. The lowest BCUT2D eigenvalue weighted by atomic mass is 9.95. The second-order valence-corrected chi connectivity index (χ2v) is 27.3. The van der Waals surface area contributed by atoms with Crippen molar-refractivity contribution in [3.63, 3.8) is 0 Å². The lowest BCUT2D eigenvalue weighted by molar-refractivity contribution is -0.367. The summed E-state index contributed by atoms with van der Waals surface area (Å²) in [5.41, 5.74) is 7.90. The van der Waals surface area contributed by atoms with Crippen LogP contribution in [0.1, 0.15) is 49.8 Å². The van der Waals surface area contributed by atoms with Crippen LogP contribution in [0.4, 0.5) is 0 Å². The molecule has 4 aromatic rings. The standard InChI is InChI=1S/C61H83IN10O22S2/c1-28(74)45-58(88)70-41(57(87)72-46(29(2)75)59(89)90)26-96-95-25-40(69-53(83)37(19-30-10-4-3-5-11-30)65-27-61(91)51(81)50(43(77)24-92-61)94-60-49(80)48(79)47(78)44(23-73)93-60)56(86)67-38(20-31-15-16-42(76)34(62)18-31)54(84)68-39(21-32-22-64-35-13-7-6-12-33(32)35)55(85)66-36(52(82)71-45)14-8-9-17-63/h3-7,10-13,15-16,18,22,28-29,36-41,43-51,60,64-65,73-81,91H,8-9,14,17,19-21,23-27,63H2,1-2H3,(H,66,85)(H,67,86)(H,68,84)(H,69,83)(H,70,88)(H,71,82)(H,72,87)(H,89,90)/t28-,29-,36+,37-,38+,39-,40+,41+,43-,44-,45+,46-,47-,48+,49-,50-,51+,60-,61-/m1/s1. The number of benzene rings is 3. The second kappa shape index (κ2) is 35.9. The molecule has 0 aliphatic carbocycles. The van der Waals surface area contributed by atoms with Crippen LogP contribution in [0, 0.1) is 3.57 Å². The van der Waals surface area contributed by atoms with Crippen molar-refractivity contribution in [2.45, 2.75) is 168 Å². The first-order valence-corrected chi connectivity index (χ1v) is 34.3. The lowest BCUT2D eigenvalue weighted by Crippen LogP contribution is -2.68. The van der Waals surface area contributed by atoms with E-state index in [1.54, 1.807) is 60.8 Å². The predicted molar refractivity (Wildman–Crippen MR) is 352 cm³/mol. The maximum absolute atomic E-state index is 15.3. The molecule has 1 aromatic heterocycles. The van der Waals surface area contributed by atoms with E-state index in [2.05, 4.69) is 47.5 Å². The van der Waals surface area contributed by atoms with Crippen molar-refractivity contribution in [2.75, 3.05) is 37.8 Å². The smallest absolute Gasteiger partial charge is 0.328 e. The highest BCUT2D eigenvalue weighted by atomic mass is 127. The molecule has 0 bridgehead atoms. The number of aromatic hydroxyl groups is 1. The Bertz CT molecular complexity index is 3310. The van der Waals surface area contributed by atoms with Crippen molar-refractivity contribution >= 4 is 102 Å². The fourth-order valence-electron chi connectivity index (χ4n) is 10.8. The van der Waals surface area contributed by atoms with Gasteiger partial charge in [0.25, 0.3) is 0 Å². The Labute approximate surface area is 571 Å². The van der Waals surface area contributed by atoms with Gasteiger partial charge < -0.3 is 124 Å². The number of halogens is 1. The fraction of sp³-hybridized carbons (Fsp3) is 0.541. The van der Waals surface area contributed by atoms with E-state index in [-0.39, 0.29) is 44.4 Å². The SMILES string of the molecule is C[C@@H](O)[C@@H]1NC(=O)[C@H](CCCCN)NC(=O)[C@@H](Cc2c[nH]c3ccccc23)NC(=O)[C@H](Cc2ccc(O)c(I)c2)NC(=O)[C@@H](NC(=O)[C@@H](Cc2ccccc2)NC[C@@]2(O)OC[C@@H](O)[C@@H](O[C@H]3O[C@H](CO)[C@@H](O)[C@H](O)[C@H]3O)[C@@H]2O)CSSC[C@@H](C(=O)N[C@@H](C(=O)O)[C@@H](C)O)NC1=O. The first-order chi connectivity index (χ1) is 45.6. The lowest BCUT2D eigenvalue weighted by Gasteiger charge is -2.47. The van der Waals surface area contributed by atoms with Crippen LogP contribution >= 0.6 is 44.2 Å². The number of fused-ring (bicyclic) bond motifs is 1. The van der Waals surface area contributed by atoms with Crippen molar-refractivity contribution < 1.29 is 109 Å². The van der Waals surface area contributed by atoms with E-state index in [1.165, 1.54) is 18.2 Å². The molecule has 3 aliphatic rings. The molecular formula is C61H83IN10O22S2. The van der Waals surface area contributed by atoms with Gasteiger partial charge >= 0.3 is 5.97 Å². The van der Waals surface area contributed by atoms with Gasteiger partial charge in [-0.2, -0.15) is 0 Å². The number of carbonyl (C=O) groups excluding carboxylic acids is 7. The molecule has 0 radical (unpaired) electrons. The van der Waals surface area contributed by atoms with E-state index in [4.69, 9.17) is 19.9 Å². The molecule has 3 aliphatic heterocycles. The molecule has 3 aromatic carbocycles. The summed E-state index contributed by atoms with van der Waals surface area (Å²) in [6.07, 6.45) is -16.9. The number of aliphatic hydroxyl groups is 9. The average Bonchev–Trinajstić information content (AvgIpc) is 0.969. The normalized spacial score (nSPS) is 29.7. The summed E-state index contributed by atoms with van der Waals surface area (Å²) in [4.78, 5) is 119. The van der Waals surface area contributed by atoms with Gasteiger partial charge in [-0.3, -0.25) is 33.6 Å². The van der Waals surface area contributed by atoms with Crippen molar-refractivity contribution in [1.29, 1.82) is 0 Å². The molecule has 0 unspecified atom stereocenters. The Morgan fingerprint density at radius 2 is 1.45 bits per heavy atom. The minimum atomic E-state index is -2.74. The third kappa shape index (κ3) is 20.6. The molecule has 7 rings (SSSR count). The molecule has 22 N–H and O–H groups in total. The molecule has 32 nitrogen and oxygen atoms in total. The number of aromatic nitrogens is 1. The van der Waals surface area contributed by atoms with Crippen LogP contribution in [0.3, 0.4) is 0 Å². The highest BCUT2D eigenvalue weighted by molar-refractivity contribution is 14.1. The quantitative estimate of drug-likeness (QED) is 0.0188. The summed E-state index contributed by atoms with van der Waals surface area (Å²) >= 11 is 1.86.